The number of aliphatic imine (C=N–C) groups is 1. The minimum absolute atomic E-state index is 0. The number of rotatable bonds is 6. The lowest BCUT2D eigenvalue weighted by molar-refractivity contribution is 0.698. The van der Waals surface area contributed by atoms with Crippen LogP contribution in [0.1, 0.15) is 29.5 Å². The lowest BCUT2D eigenvalue weighted by Crippen LogP contribution is -2.38. The first-order chi connectivity index (χ1) is 13.2. The first kappa shape index (κ1) is 21.9. The summed E-state index contributed by atoms with van der Waals surface area (Å²) < 4.78 is 2.02. The number of benzene rings is 2. The summed E-state index contributed by atoms with van der Waals surface area (Å²) in [5, 5.41) is 6.84. The zero-order valence-corrected chi connectivity index (χ0v) is 18.9. The Hall–Kier alpha value is -2.35. The normalized spacial score (nSPS) is 12.2. The predicted octanol–water partition coefficient (Wildman–Crippen LogP) is 4.27. The Bertz CT molecular complexity index is 889. The number of nitrogens with one attached hydrogen (secondary N) is 2. The van der Waals surface area contributed by atoms with E-state index in [1.165, 1.54) is 16.7 Å². The van der Waals surface area contributed by atoms with Gasteiger partial charge >= 0.3 is 0 Å². The highest BCUT2D eigenvalue weighted by molar-refractivity contribution is 14.0. The van der Waals surface area contributed by atoms with Gasteiger partial charge in [-0.05, 0) is 30.0 Å². The Morgan fingerprint density at radius 2 is 1.96 bits per heavy atom. The molecule has 3 rings (SSSR count). The maximum Gasteiger partial charge on any atom is 0.191 e. The zero-order valence-electron chi connectivity index (χ0n) is 16.6. The van der Waals surface area contributed by atoms with Gasteiger partial charge in [0.1, 0.15) is 0 Å². The first-order valence-electron chi connectivity index (χ1n) is 9.24. The van der Waals surface area contributed by atoms with Crippen molar-refractivity contribution in [2.45, 2.75) is 26.3 Å². The molecule has 0 aliphatic carbocycles. The molecule has 0 saturated carbocycles. The molecule has 1 atom stereocenters. The molecule has 28 heavy (non-hydrogen) atoms. The third-order valence-corrected chi connectivity index (χ3v) is 4.63. The second kappa shape index (κ2) is 10.8. The van der Waals surface area contributed by atoms with E-state index in [-0.39, 0.29) is 24.0 Å². The van der Waals surface area contributed by atoms with Gasteiger partial charge in [-0.15, -0.1) is 24.0 Å². The smallest absolute Gasteiger partial charge is 0.191 e. The van der Waals surface area contributed by atoms with E-state index in [1.807, 2.05) is 29.2 Å². The molecule has 0 fully saturated rings. The van der Waals surface area contributed by atoms with Crippen LogP contribution in [-0.4, -0.2) is 29.1 Å². The van der Waals surface area contributed by atoms with Gasteiger partial charge in [0.25, 0.3) is 0 Å². The molecule has 1 heterocycles. The molecule has 3 aromatic rings. The van der Waals surface area contributed by atoms with Gasteiger partial charge in [-0.3, -0.25) is 4.99 Å². The molecule has 2 aromatic carbocycles. The van der Waals surface area contributed by atoms with Gasteiger partial charge in [0.2, 0.25) is 0 Å². The van der Waals surface area contributed by atoms with Crippen LogP contribution in [0.4, 0.5) is 0 Å². The van der Waals surface area contributed by atoms with Gasteiger partial charge in [-0.2, -0.15) is 0 Å². The van der Waals surface area contributed by atoms with Crippen LogP contribution in [0.2, 0.25) is 0 Å². The average molecular weight is 489 g/mol. The topological polar surface area (TPSA) is 54.2 Å². The molecule has 0 aliphatic rings. The summed E-state index contributed by atoms with van der Waals surface area (Å²) in [4.78, 5) is 8.50. The molecule has 148 valence electrons. The quantitative estimate of drug-likeness (QED) is 0.309. The van der Waals surface area contributed by atoms with E-state index >= 15 is 0 Å². The van der Waals surface area contributed by atoms with E-state index in [9.17, 15) is 0 Å². The zero-order chi connectivity index (χ0) is 19.1. The van der Waals surface area contributed by atoms with Crippen molar-refractivity contribution in [2.75, 3.05) is 13.6 Å². The summed E-state index contributed by atoms with van der Waals surface area (Å²) in [6, 6.07) is 17.0. The van der Waals surface area contributed by atoms with E-state index in [1.54, 1.807) is 13.2 Å². The van der Waals surface area contributed by atoms with E-state index in [0.29, 0.717) is 12.5 Å². The number of hydrogen-bond acceptors (Lipinski definition) is 2. The molecule has 1 unspecified atom stereocenters. The van der Waals surface area contributed by atoms with E-state index in [4.69, 9.17) is 0 Å². The third kappa shape index (κ3) is 5.82. The van der Waals surface area contributed by atoms with E-state index in [0.717, 1.165) is 18.2 Å². The number of hydrogen-bond donors (Lipinski definition) is 2. The van der Waals surface area contributed by atoms with Crippen molar-refractivity contribution in [3.63, 3.8) is 0 Å². The number of halogens is 1. The van der Waals surface area contributed by atoms with Crippen molar-refractivity contribution in [1.29, 1.82) is 0 Å². The van der Waals surface area contributed by atoms with Crippen molar-refractivity contribution < 1.29 is 0 Å². The summed E-state index contributed by atoms with van der Waals surface area (Å²) in [7, 11) is 1.80. The second-order valence-electron chi connectivity index (χ2n) is 6.72. The SMILES string of the molecule is CN=C(NCc1ccccc1-n1ccnc1)NCC(C)c1cccc(C)c1.I. The van der Waals surface area contributed by atoms with Crippen molar-refractivity contribution in [3.8, 4) is 5.69 Å². The largest absolute Gasteiger partial charge is 0.356 e. The Labute approximate surface area is 184 Å². The maximum atomic E-state index is 4.35. The molecule has 1 aromatic heterocycles. The molecule has 0 bridgehead atoms. The molecular formula is C22H28IN5. The summed E-state index contributed by atoms with van der Waals surface area (Å²) >= 11 is 0. The minimum Gasteiger partial charge on any atom is -0.356 e. The monoisotopic (exact) mass is 489 g/mol. The van der Waals surface area contributed by atoms with Crippen LogP contribution in [0.25, 0.3) is 5.69 Å². The highest BCUT2D eigenvalue weighted by Gasteiger charge is 2.08. The highest BCUT2D eigenvalue weighted by Crippen LogP contribution is 2.16. The van der Waals surface area contributed by atoms with Crippen molar-refractivity contribution >= 4 is 29.9 Å². The molecule has 0 amide bonds. The lowest BCUT2D eigenvalue weighted by Gasteiger charge is -2.18. The van der Waals surface area contributed by atoms with Gasteiger partial charge < -0.3 is 15.2 Å². The Morgan fingerprint density at radius 1 is 1.14 bits per heavy atom. The Kier molecular flexibility index (Phi) is 8.50. The maximum absolute atomic E-state index is 4.35. The van der Waals surface area contributed by atoms with Gasteiger partial charge in [0.05, 0.1) is 12.0 Å². The Morgan fingerprint density at radius 3 is 2.68 bits per heavy atom. The Balaban J connectivity index is 0.00000280. The fourth-order valence-electron chi connectivity index (χ4n) is 3.06. The molecule has 5 nitrogen and oxygen atoms in total. The van der Waals surface area contributed by atoms with Crippen molar-refractivity contribution in [3.05, 3.63) is 83.9 Å². The predicted molar refractivity (Wildman–Crippen MR) is 127 cm³/mol. The molecule has 0 saturated heterocycles. The molecule has 2 N–H and O–H groups in total. The van der Waals surface area contributed by atoms with E-state index in [2.05, 4.69) is 70.9 Å². The summed E-state index contributed by atoms with van der Waals surface area (Å²) in [6.07, 6.45) is 5.56. The number of aryl methyl sites for hydroxylation is 1. The summed E-state index contributed by atoms with van der Waals surface area (Å²) in [5.41, 5.74) is 4.93. The molecular weight excluding hydrogens is 461 g/mol. The fraction of sp³-hybridized carbons (Fsp3) is 0.273. The number of para-hydroxylation sites is 1. The van der Waals surface area contributed by atoms with Crippen LogP contribution in [0.3, 0.4) is 0 Å². The van der Waals surface area contributed by atoms with Crippen molar-refractivity contribution in [2.24, 2.45) is 4.99 Å². The van der Waals surface area contributed by atoms with Crippen LogP contribution in [-0.2, 0) is 6.54 Å². The fourth-order valence-corrected chi connectivity index (χ4v) is 3.06. The molecule has 6 heteroatoms. The molecule has 0 spiro atoms. The van der Waals surface area contributed by atoms with Gasteiger partial charge in [-0.25, -0.2) is 4.98 Å². The second-order valence-corrected chi connectivity index (χ2v) is 6.72. The standard InChI is InChI=1S/C22H27N5.HI/c1-17-7-6-9-19(13-17)18(2)14-25-22(23-3)26-15-20-8-4-5-10-21(20)27-12-11-24-16-27;/h4-13,16,18H,14-15H2,1-3H3,(H2,23,25,26);1H. The average Bonchev–Trinajstić information content (AvgIpc) is 3.23. The molecule has 0 aliphatic heterocycles. The van der Waals surface area contributed by atoms with Gasteiger partial charge in [0.15, 0.2) is 5.96 Å². The number of nitrogens with zero attached hydrogens (tertiary/aromatic N) is 3. The van der Waals surface area contributed by atoms with Crippen LogP contribution >= 0.6 is 24.0 Å². The van der Waals surface area contributed by atoms with E-state index < -0.39 is 0 Å². The number of imidazole rings is 1. The van der Waals surface area contributed by atoms with Crippen LogP contribution in [0.15, 0.2) is 72.2 Å². The summed E-state index contributed by atoms with van der Waals surface area (Å²) in [5.74, 6) is 1.21. The van der Waals surface area contributed by atoms with Crippen molar-refractivity contribution in [1.82, 2.24) is 20.2 Å². The number of aromatic nitrogens is 2. The minimum atomic E-state index is 0. The van der Waals surface area contributed by atoms with Crippen LogP contribution in [0, 0.1) is 6.92 Å². The highest BCUT2D eigenvalue weighted by atomic mass is 127. The number of guanidine groups is 1. The van der Waals surface area contributed by atoms with Crippen LogP contribution < -0.4 is 10.6 Å². The first-order valence-corrected chi connectivity index (χ1v) is 9.24. The summed E-state index contributed by atoms with van der Waals surface area (Å²) in [6.45, 7) is 5.87. The van der Waals surface area contributed by atoms with Gasteiger partial charge in [-0.1, -0.05) is 55.0 Å². The molecule has 0 radical (unpaired) electrons. The van der Waals surface area contributed by atoms with Gasteiger partial charge in [0, 0.05) is 32.5 Å². The lowest BCUT2D eigenvalue weighted by atomic mass is 9.99. The van der Waals surface area contributed by atoms with Crippen LogP contribution in [0.5, 0.6) is 0 Å². The third-order valence-electron chi connectivity index (χ3n) is 4.63.